The van der Waals surface area contributed by atoms with E-state index in [2.05, 4.69) is 52.2 Å². The van der Waals surface area contributed by atoms with Crippen molar-refractivity contribution in [2.24, 2.45) is 11.8 Å². The van der Waals surface area contributed by atoms with Gasteiger partial charge in [0, 0.05) is 11.4 Å². The van der Waals surface area contributed by atoms with E-state index in [0.717, 1.165) is 11.8 Å². The lowest BCUT2D eigenvalue weighted by Gasteiger charge is -2.42. The largest absolute Gasteiger partial charge is 0.303 e. The second-order valence-electron chi connectivity index (χ2n) is 7.69. The fraction of sp³-hybridized carbons (Fsp3) is 0.833. The molecule has 1 aromatic rings. The van der Waals surface area contributed by atoms with Crippen LogP contribution in [0, 0.1) is 11.8 Å². The lowest BCUT2D eigenvalue weighted by atomic mass is 9.72. The standard InChI is InChI=1S/C18H32N2S/c1-12(2)15-7-9-18(10-8-15,20-14(5)6)17-19-16(11-21-17)13(3)4/h11-15,20H,7-10H2,1-6H3. The summed E-state index contributed by atoms with van der Waals surface area (Å²) < 4.78 is 0. The summed E-state index contributed by atoms with van der Waals surface area (Å²) in [6.45, 7) is 13.7. The minimum atomic E-state index is 0.122. The molecule has 1 fully saturated rings. The van der Waals surface area contributed by atoms with E-state index in [4.69, 9.17) is 4.98 Å². The van der Waals surface area contributed by atoms with E-state index in [1.165, 1.54) is 36.4 Å². The molecule has 1 aliphatic rings. The van der Waals surface area contributed by atoms with Crippen LogP contribution in [0.15, 0.2) is 5.38 Å². The van der Waals surface area contributed by atoms with Crippen LogP contribution in [-0.4, -0.2) is 11.0 Å². The Labute approximate surface area is 134 Å². The van der Waals surface area contributed by atoms with Gasteiger partial charge in [-0.2, -0.15) is 0 Å². The average Bonchev–Trinajstić information content (AvgIpc) is 2.88. The van der Waals surface area contributed by atoms with Gasteiger partial charge in [0.1, 0.15) is 5.01 Å². The number of nitrogens with one attached hydrogen (secondary N) is 1. The summed E-state index contributed by atoms with van der Waals surface area (Å²) in [5, 5.41) is 7.45. The highest BCUT2D eigenvalue weighted by Crippen LogP contribution is 2.43. The monoisotopic (exact) mass is 308 g/mol. The Kier molecular flexibility index (Phi) is 5.48. The molecule has 3 heteroatoms. The van der Waals surface area contributed by atoms with Gasteiger partial charge < -0.3 is 5.32 Å². The molecule has 0 unspecified atom stereocenters. The van der Waals surface area contributed by atoms with Gasteiger partial charge in [0.25, 0.3) is 0 Å². The van der Waals surface area contributed by atoms with E-state index in [1.807, 2.05) is 11.3 Å². The smallest absolute Gasteiger partial charge is 0.113 e. The van der Waals surface area contributed by atoms with Gasteiger partial charge in [-0.05, 0) is 57.3 Å². The molecule has 0 radical (unpaired) electrons. The molecular formula is C18H32N2S. The molecule has 0 amide bonds. The second-order valence-corrected chi connectivity index (χ2v) is 8.55. The molecule has 120 valence electrons. The molecule has 21 heavy (non-hydrogen) atoms. The van der Waals surface area contributed by atoms with Crippen LogP contribution in [0.2, 0.25) is 0 Å². The summed E-state index contributed by atoms with van der Waals surface area (Å²) in [7, 11) is 0. The van der Waals surface area contributed by atoms with Gasteiger partial charge >= 0.3 is 0 Å². The lowest BCUT2D eigenvalue weighted by Crippen LogP contribution is -2.48. The number of nitrogens with zero attached hydrogens (tertiary/aromatic N) is 1. The summed E-state index contributed by atoms with van der Waals surface area (Å²) in [6.07, 6.45) is 5.13. The molecular weight excluding hydrogens is 276 g/mol. The van der Waals surface area contributed by atoms with E-state index in [0.29, 0.717) is 12.0 Å². The van der Waals surface area contributed by atoms with Crippen LogP contribution in [-0.2, 0) is 5.54 Å². The summed E-state index contributed by atoms with van der Waals surface area (Å²) in [4.78, 5) is 4.98. The number of rotatable bonds is 5. The Morgan fingerprint density at radius 2 is 1.76 bits per heavy atom. The van der Waals surface area contributed by atoms with Gasteiger partial charge in [-0.3, -0.25) is 0 Å². The highest BCUT2D eigenvalue weighted by Gasteiger charge is 2.40. The van der Waals surface area contributed by atoms with E-state index < -0.39 is 0 Å². The van der Waals surface area contributed by atoms with Gasteiger partial charge in [0.15, 0.2) is 0 Å². The first kappa shape index (κ1) is 17.0. The minimum Gasteiger partial charge on any atom is -0.303 e. The van der Waals surface area contributed by atoms with Crippen LogP contribution in [0.3, 0.4) is 0 Å². The van der Waals surface area contributed by atoms with Crippen molar-refractivity contribution in [3.8, 4) is 0 Å². The summed E-state index contributed by atoms with van der Waals surface area (Å²) in [6, 6.07) is 0.506. The zero-order valence-corrected chi connectivity index (χ0v) is 15.4. The van der Waals surface area contributed by atoms with Gasteiger partial charge in [0.05, 0.1) is 11.2 Å². The van der Waals surface area contributed by atoms with Crippen molar-refractivity contribution >= 4 is 11.3 Å². The van der Waals surface area contributed by atoms with Crippen LogP contribution in [0.25, 0.3) is 0 Å². The number of hydrogen-bond acceptors (Lipinski definition) is 3. The SMILES string of the molecule is CC(C)NC1(c2nc(C(C)C)cs2)CCC(C(C)C)CC1. The fourth-order valence-electron chi connectivity index (χ4n) is 3.54. The highest BCUT2D eigenvalue weighted by atomic mass is 32.1. The molecule has 2 nitrogen and oxygen atoms in total. The maximum absolute atomic E-state index is 4.98. The topological polar surface area (TPSA) is 24.9 Å². The Morgan fingerprint density at radius 3 is 2.19 bits per heavy atom. The maximum atomic E-state index is 4.98. The highest BCUT2D eigenvalue weighted by molar-refractivity contribution is 7.09. The zero-order valence-electron chi connectivity index (χ0n) is 14.6. The Morgan fingerprint density at radius 1 is 1.14 bits per heavy atom. The maximum Gasteiger partial charge on any atom is 0.113 e. The first-order valence-electron chi connectivity index (χ1n) is 8.57. The van der Waals surface area contributed by atoms with Crippen LogP contribution in [0.1, 0.15) is 83.8 Å². The van der Waals surface area contributed by atoms with Crippen molar-refractivity contribution in [2.45, 2.75) is 84.7 Å². The molecule has 0 aromatic carbocycles. The van der Waals surface area contributed by atoms with Crippen LogP contribution < -0.4 is 5.32 Å². The molecule has 1 heterocycles. The van der Waals surface area contributed by atoms with Crippen molar-refractivity contribution in [1.82, 2.24) is 10.3 Å². The van der Waals surface area contributed by atoms with Gasteiger partial charge in [0.2, 0.25) is 0 Å². The fourth-order valence-corrected chi connectivity index (χ4v) is 4.75. The Bertz CT molecular complexity index is 440. The quantitative estimate of drug-likeness (QED) is 0.797. The van der Waals surface area contributed by atoms with Crippen molar-refractivity contribution < 1.29 is 0 Å². The zero-order chi connectivity index (χ0) is 15.6. The minimum absolute atomic E-state index is 0.122. The van der Waals surface area contributed by atoms with Crippen LogP contribution >= 0.6 is 11.3 Å². The predicted molar refractivity (Wildman–Crippen MR) is 92.9 cm³/mol. The van der Waals surface area contributed by atoms with E-state index >= 15 is 0 Å². The third-order valence-corrected chi connectivity index (χ3v) is 5.98. The molecule has 0 aliphatic heterocycles. The Balaban J connectivity index is 2.22. The summed E-state index contributed by atoms with van der Waals surface area (Å²) in [5.74, 6) is 2.22. The molecule has 0 bridgehead atoms. The molecule has 1 N–H and O–H groups in total. The second kappa shape index (κ2) is 6.78. The number of thiazole rings is 1. The first-order chi connectivity index (χ1) is 9.84. The summed E-state index contributed by atoms with van der Waals surface area (Å²) >= 11 is 1.86. The van der Waals surface area contributed by atoms with Crippen LogP contribution in [0.5, 0.6) is 0 Å². The molecule has 0 saturated heterocycles. The molecule has 1 aliphatic carbocycles. The third-order valence-electron chi connectivity index (χ3n) is 4.91. The average molecular weight is 309 g/mol. The molecule has 0 atom stereocenters. The van der Waals surface area contributed by atoms with Gasteiger partial charge in [-0.1, -0.05) is 27.7 Å². The van der Waals surface area contributed by atoms with Gasteiger partial charge in [-0.25, -0.2) is 4.98 Å². The molecule has 0 spiro atoms. The normalized spacial score (nSPS) is 27.0. The van der Waals surface area contributed by atoms with Crippen molar-refractivity contribution in [3.63, 3.8) is 0 Å². The third kappa shape index (κ3) is 3.87. The predicted octanol–water partition coefficient (Wildman–Crippen LogP) is 5.31. The van der Waals surface area contributed by atoms with E-state index in [1.54, 1.807) is 0 Å². The molecule has 1 saturated carbocycles. The molecule has 1 aromatic heterocycles. The lowest BCUT2D eigenvalue weighted by molar-refractivity contribution is 0.151. The van der Waals surface area contributed by atoms with Crippen LogP contribution in [0.4, 0.5) is 0 Å². The first-order valence-corrected chi connectivity index (χ1v) is 9.45. The number of hydrogen-bond donors (Lipinski definition) is 1. The molecule has 2 rings (SSSR count). The van der Waals surface area contributed by atoms with Gasteiger partial charge in [-0.15, -0.1) is 11.3 Å². The number of aromatic nitrogens is 1. The van der Waals surface area contributed by atoms with Crippen molar-refractivity contribution in [3.05, 3.63) is 16.1 Å². The van der Waals surface area contributed by atoms with Crippen molar-refractivity contribution in [2.75, 3.05) is 0 Å². The van der Waals surface area contributed by atoms with E-state index in [-0.39, 0.29) is 5.54 Å². The Hall–Kier alpha value is -0.410. The van der Waals surface area contributed by atoms with E-state index in [9.17, 15) is 0 Å². The summed E-state index contributed by atoms with van der Waals surface area (Å²) in [5.41, 5.74) is 1.38. The van der Waals surface area contributed by atoms with Crippen molar-refractivity contribution in [1.29, 1.82) is 0 Å².